The van der Waals surface area contributed by atoms with Crippen LogP contribution in [0.1, 0.15) is 111 Å². The summed E-state index contributed by atoms with van der Waals surface area (Å²) >= 11 is 0. The van der Waals surface area contributed by atoms with E-state index >= 15 is 0 Å². The second kappa shape index (κ2) is 14.5. The molecule has 0 heterocycles. The number of ether oxygens (including phenoxy) is 1. The summed E-state index contributed by atoms with van der Waals surface area (Å²) in [5, 5.41) is 5.72. The Kier molecular flexibility index (Phi) is 12.7. The van der Waals surface area contributed by atoms with E-state index in [-0.39, 0.29) is 24.8 Å². The molecule has 1 aromatic carbocycles. The lowest BCUT2D eigenvalue weighted by Crippen LogP contribution is -2.57. The number of aryl methyl sites for hydroxylation is 1. The number of nitrogens with zero attached hydrogens (tertiary/aromatic N) is 1. The van der Waals surface area contributed by atoms with Crippen LogP contribution in [0.3, 0.4) is 0 Å². The van der Waals surface area contributed by atoms with Crippen molar-refractivity contribution in [3.63, 3.8) is 0 Å². The summed E-state index contributed by atoms with van der Waals surface area (Å²) in [5.41, 5.74) is 6.68. The largest absolute Gasteiger partial charge is 0.444 e. The van der Waals surface area contributed by atoms with E-state index in [1.54, 1.807) is 25.7 Å². The second-order valence-corrected chi connectivity index (χ2v) is 13.2. The van der Waals surface area contributed by atoms with Crippen LogP contribution >= 0.6 is 0 Å². The van der Waals surface area contributed by atoms with Crippen molar-refractivity contribution >= 4 is 23.8 Å². The van der Waals surface area contributed by atoms with E-state index in [0.717, 1.165) is 17.5 Å². The van der Waals surface area contributed by atoms with Gasteiger partial charge >= 0.3 is 6.09 Å². The number of nitrogens with one attached hydrogen (secondary N) is 2. The smallest absolute Gasteiger partial charge is 0.408 e. The minimum absolute atomic E-state index is 0.0266. The first-order valence-electron chi connectivity index (χ1n) is 14.2. The zero-order valence-electron chi connectivity index (χ0n) is 26.4. The molecule has 9 heteroatoms. The van der Waals surface area contributed by atoms with Crippen molar-refractivity contribution in [2.75, 3.05) is 0 Å². The first-order chi connectivity index (χ1) is 18.2. The van der Waals surface area contributed by atoms with Crippen molar-refractivity contribution in [2.45, 2.75) is 131 Å². The van der Waals surface area contributed by atoms with Gasteiger partial charge in [-0.1, -0.05) is 32.0 Å². The van der Waals surface area contributed by atoms with E-state index in [1.165, 1.54) is 0 Å². The molecule has 0 aliphatic carbocycles. The van der Waals surface area contributed by atoms with E-state index in [9.17, 15) is 19.2 Å². The van der Waals surface area contributed by atoms with E-state index in [1.807, 2.05) is 59.7 Å². The van der Waals surface area contributed by atoms with Gasteiger partial charge in [0.25, 0.3) is 0 Å². The molecular formula is C31H52N4O5. The molecule has 0 spiro atoms. The predicted molar refractivity (Wildman–Crippen MR) is 159 cm³/mol. The molecule has 0 saturated heterocycles. The van der Waals surface area contributed by atoms with Gasteiger partial charge in [0.2, 0.25) is 17.7 Å². The van der Waals surface area contributed by atoms with Crippen molar-refractivity contribution in [1.29, 1.82) is 0 Å². The first-order valence-corrected chi connectivity index (χ1v) is 14.2. The zero-order chi connectivity index (χ0) is 31.0. The summed E-state index contributed by atoms with van der Waals surface area (Å²) in [4.78, 5) is 54.5. The second-order valence-electron chi connectivity index (χ2n) is 13.2. The van der Waals surface area contributed by atoms with Crippen LogP contribution in [0.5, 0.6) is 0 Å². The minimum Gasteiger partial charge on any atom is -0.444 e. The lowest BCUT2D eigenvalue weighted by Gasteiger charge is -2.40. The Hall–Kier alpha value is -3.10. The third-order valence-corrected chi connectivity index (χ3v) is 6.53. The average molecular weight is 561 g/mol. The summed E-state index contributed by atoms with van der Waals surface area (Å²) in [7, 11) is 0. The van der Waals surface area contributed by atoms with Gasteiger partial charge in [-0.05, 0) is 104 Å². The van der Waals surface area contributed by atoms with E-state index in [0.29, 0.717) is 17.9 Å². The highest BCUT2D eigenvalue weighted by Crippen LogP contribution is 2.31. The Morgan fingerprint density at radius 1 is 0.950 bits per heavy atom. The summed E-state index contributed by atoms with van der Waals surface area (Å²) < 4.78 is 5.42. The maximum absolute atomic E-state index is 14.4. The van der Waals surface area contributed by atoms with Gasteiger partial charge in [-0.3, -0.25) is 14.4 Å². The number of hydrogen-bond acceptors (Lipinski definition) is 5. The maximum atomic E-state index is 14.4. The van der Waals surface area contributed by atoms with E-state index in [2.05, 4.69) is 24.5 Å². The van der Waals surface area contributed by atoms with Crippen molar-refractivity contribution < 1.29 is 23.9 Å². The van der Waals surface area contributed by atoms with Gasteiger partial charge in [-0.15, -0.1) is 0 Å². The van der Waals surface area contributed by atoms with Gasteiger partial charge < -0.3 is 26.0 Å². The van der Waals surface area contributed by atoms with Crippen LogP contribution in [0.15, 0.2) is 18.2 Å². The van der Waals surface area contributed by atoms with Gasteiger partial charge in [0.15, 0.2) is 0 Å². The average Bonchev–Trinajstić information content (AvgIpc) is 2.77. The molecule has 4 N–H and O–H groups in total. The molecule has 0 aliphatic heterocycles. The highest BCUT2D eigenvalue weighted by Gasteiger charge is 2.40. The van der Waals surface area contributed by atoms with E-state index in [4.69, 9.17) is 10.5 Å². The fourth-order valence-corrected chi connectivity index (χ4v) is 4.41. The summed E-state index contributed by atoms with van der Waals surface area (Å²) in [6.07, 6.45) is 0.538. The quantitative estimate of drug-likeness (QED) is 0.328. The molecule has 0 aromatic heterocycles. The Morgan fingerprint density at radius 2 is 1.55 bits per heavy atom. The third-order valence-electron chi connectivity index (χ3n) is 6.53. The standard InChI is InChI=1S/C31H52N4O5/c1-19(2)15-16-21(4)35(28(38)24(17-18-25(32)36)33-29(39)40-31(9,10)11)26(27(37)34-30(6,7)8)23-14-12-13-20(3)22(23)5/h12-14,19,21,24,26H,15-18H2,1-11H3,(H2,32,36)(H,33,39)(H,34,37). The van der Waals surface area contributed by atoms with Crippen LogP contribution in [0.25, 0.3) is 0 Å². The molecule has 1 aromatic rings. The number of hydrogen-bond donors (Lipinski definition) is 3. The molecular weight excluding hydrogens is 508 g/mol. The van der Waals surface area contributed by atoms with Gasteiger partial charge in [0.05, 0.1) is 0 Å². The van der Waals surface area contributed by atoms with Crippen LogP contribution < -0.4 is 16.4 Å². The fraction of sp³-hybridized carbons (Fsp3) is 0.677. The highest BCUT2D eigenvalue weighted by molar-refractivity contribution is 5.93. The number of alkyl carbamates (subject to hydrolysis) is 1. The van der Waals surface area contributed by atoms with Gasteiger partial charge in [0.1, 0.15) is 17.7 Å². The van der Waals surface area contributed by atoms with Crippen LogP contribution in [0.2, 0.25) is 0 Å². The van der Waals surface area contributed by atoms with Crippen molar-refractivity contribution in [3.05, 3.63) is 34.9 Å². The number of primary amides is 1. The van der Waals surface area contributed by atoms with Crippen LogP contribution in [-0.2, 0) is 19.1 Å². The Bertz CT molecular complexity index is 1040. The molecule has 0 radical (unpaired) electrons. The predicted octanol–water partition coefficient (Wildman–Crippen LogP) is 5.07. The first kappa shape index (κ1) is 34.9. The topological polar surface area (TPSA) is 131 Å². The molecule has 9 nitrogen and oxygen atoms in total. The Labute approximate surface area is 241 Å². The molecule has 226 valence electrons. The molecule has 0 fully saturated rings. The Morgan fingerprint density at radius 3 is 2.05 bits per heavy atom. The minimum atomic E-state index is -1.13. The van der Waals surface area contributed by atoms with Crippen LogP contribution in [0, 0.1) is 19.8 Å². The molecule has 0 saturated carbocycles. The van der Waals surface area contributed by atoms with Gasteiger partial charge in [0, 0.05) is 18.0 Å². The molecule has 1 rings (SSSR count). The lowest BCUT2D eigenvalue weighted by atomic mass is 9.92. The monoisotopic (exact) mass is 560 g/mol. The molecule has 0 aliphatic rings. The number of benzene rings is 1. The number of carbonyl (C=O) groups excluding carboxylic acids is 4. The molecule has 40 heavy (non-hydrogen) atoms. The normalized spacial score (nSPS) is 14.2. The molecule has 4 amide bonds. The summed E-state index contributed by atoms with van der Waals surface area (Å²) in [6, 6.07) is 3.25. The zero-order valence-corrected chi connectivity index (χ0v) is 26.4. The highest BCUT2D eigenvalue weighted by atomic mass is 16.6. The maximum Gasteiger partial charge on any atom is 0.408 e. The van der Waals surface area contributed by atoms with Crippen LogP contribution in [0.4, 0.5) is 4.79 Å². The van der Waals surface area contributed by atoms with Crippen molar-refractivity contribution in [2.24, 2.45) is 11.7 Å². The number of amides is 4. The SMILES string of the molecule is Cc1cccc(C(C(=O)NC(C)(C)C)N(C(=O)C(CCC(N)=O)NC(=O)OC(C)(C)C)C(C)CCC(C)C)c1C. The Balaban J connectivity index is 3.77. The van der Waals surface area contributed by atoms with Gasteiger partial charge in [-0.2, -0.15) is 0 Å². The van der Waals surface area contributed by atoms with E-state index < -0.39 is 41.1 Å². The van der Waals surface area contributed by atoms with Crippen molar-refractivity contribution in [1.82, 2.24) is 15.5 Å². The molecule has 3 unspecified atom stereocenters. The number of nitrogens with two attached hydrogens (primary N) is 1. The summed E-state index contributed by atoms with van der Waals surface area (Å²) in [6.45, 7) is 20.9. The summed E-state index contributed by atoms with van der Waals surface area (Å²) in [5.74, 6) is -1.01. The molecule has 0 bridgehead atoms. The van der Waals surface area contributed by atoms with Crippen molar-refractivity contribution in [3.8, 4) is 0 Å². The lowest BCUT2D eigenvalue weighted by molar-refractivity contribution is -0.146. The molecule has 3 atom stereocenters. The third kappa shape index (κ3) is 11.6. The van der Waals surface area contributed by atoms with Crippen LogP contribution in [-0.4, -0.2) is 51.9 Å². The number of rotatable bonds is 12. The number of carbonyl (C=O) groups is 4. The fourth-order valence-electron chi connectivity index (χ4n) is 4.41. The van der Waals surface area contributed by atoms with Gasteiger partial charge in [-0.25, -0.2) is 4.79 Å².